The molecule has 0 spiro atoms. The van der Waals surface area contributed by atoms with Gasteiger partial charge in [0.2, 0.25) is 0 Å². The number of anilines is 1. The molecule has 1 N–H and O–H groups in total. The van der Waals surface area contributed by atoms with Crippen LogP contribution in [0.25, 0.3) is 11.1 Å². The zero-order chi connectivity index (χ0) is 22.0. The van der Waals surface area contributed by atoms with Crippen LogP contribution in [-0.2, 0) is 29.0 Å². The van der Waals surface area contributed by atoms with Crippen molar-refractivity contribution < 1.29 is 23.4 Å². The second kappa shape index (κ2) is 8.91. The summed E-state index contributed by atoms with van der Waals surface area (Å²) in [7, 11) is 1.61. The molecule has 31 heavy (non-hydrogen) atoms. The summed E-state index contributed by atoms with van der Waals surface area (Å²) in [4.78, 5) is 11.1. The van der Waals surface area contributed by atoms with Crippen LogP contribution in [-0.4, -0.2) is 36.7 Å². The number of benzene rings is 2. The average molecular weight is 441 g/mol. The number of ether oxygens (including phenoxy) is 1. The van der Waals surface area contributed by atoms with Crippen molar-refractivity contribution in [2.24, 2.45) is 0 Å². The first kappa shape index (κ1) is 21.1. The Bertz CT molecular complexity index is 1100. The molecule has 4 rings (SSSR count). The van der Waals surface area contributed by atoms with Gasteiger partial charge >= 0.3 is 5.97 Å². The molecular formula is C22H22N3O5S-. The molecule has 0 saturated carbocycles. The van der Waals surface area contributed by atoms with E-state index in [0.717, 1.165) is 34.6 Å². The summed E-state index contributed by atoms with van der Waals surface area (Å²) in [6, 6.07) is 14.6. The van der Waals surface area contributed by atoms with Crippen LogP contribution in [0.4, 0.5) is 5.69 Å². The number of aromatic nitrogens is 2. The SMILES string of the molecule is COc1ccc(-c2ccc(N(C3CCCc4c3cnn4CC(=O)O)S(=O)[O-])cc2)cc1. The Hall–Kier alpha value is -3.17. The second-order valence-electron chi connectivity index (χ2n) is 7.32. The Kier molecular flexibility index (Phi) is 6.06. The molecule has 1 aliphatic rings. The molecular weight excluding hydrogens is 418 g/mol. The number of carbonyl (C=O) groups is 1. The van der Waals surface area contributed by atoms with Gasteiger partial charge in [-0.15, -0.1) is 0 Å². The zero-order valence-electron chi connectivity index (χ0n) is 16.9. The van der Waals surface area contributed by atoms with Gasteiger partial charge in [0.25, 0.3) is 0 Å². The maximum absolute atomic E-state index is 12.2. The number of carboxylic acid groups (broad SMARTS) is 1. The molecule has 1 heterocycles. The number of aliphatic carboxylic acids is 1. The minimum absolute atomic E-state index is 0.237. The van der Waals surface area contributed by atoms with Gasteiger partial charge in [0.1, 0.15) is 12.3 Å². The number of fused-ring (bicyclic) bond motifs is 1. The zero-order valence-corrected chi connectivity index (χ0v) is 17.7. The standard InChI is InChI=1S/C22H23N3O5S/c1-30-18-11-7-16(8-12-18)15-5-9-17(10-6-15)25(31(28)29)21-4-2-3-20-19(21)13-23-24(20)14-22(26)27/h5-13,21H,2-4,14H2,1H3,(H,26,27)(H,28,29)/p-1. The molecule has 0 aliphatic heterocycles. The Morgan fingerprint density at radius 2 is 1.87 bits per heavy atom. The number of rotatable bonds is 7. The fourth-order valence-electron chi connectivity index (χ4n) is 4.06. The maximum Gasteiger partial charge on any atom is 0.325 e. The number of hydrogen-bond acceptors (Lipinski definition) is 5. The third-order valence-electron chi connectivity index (χ3n) is 5.50. The number of hydrogen-bond donors (Lipinski definition) is 1. The summed E-state index contributed by atoms with van der Waals surface area (Å²) >= 11 is -2.50. The van der Waals surface area contributed by atoms with E-state index in [0.29, 0.717) is 18.5 Å². The molecule has 0 fully saturated rings. The van der Waals surface area contributed by atoms with Crippen molar-refractivity contribution in [1.29, 1.82) is 0 Å². The van der Waals surface area contributed by atoms with Gasteiger partial charge in [0.15, 0.2) is 0 Å². The van der Waals surface area contributed by atoms with Crippen molar-refractivity contribution in [2.45, 2.75) is 31.8 Å². The lowest BCUT2D eigenvalue weighted by Gasteiger charge is -2.37. The van der Waals surface area contributed by atoms with E-state index in [-0.39, 0.29) is 6.54 Å². The first-order valence-electron chi connectivity index (χ1n) is 9.87. The Morgan fingerprint density at radius 3 is 2.45 bits per heavy atom. The quantitative estimate of drug-likeness (QED) is 0.565. The van der Waals surface area contributed by atoms with Crippen LogP contribution in [0.2, 0.25) is 0 Å². The fourth-order valence-corrected chi connectivity index (χ4v) is 4.78. The van der Waals surface area contributed by atoms with E-state index in [4.69, 9.17) is 9.84 Å². The van der Waals surface area contributed by atoms with E-state index in [1.54, 1.807) is 25.4 Å². The number of nitrogens with zero attached hydrogens (tertiary/aromatic N) is 3. The first-order valence-corrected chi connectivity index (χ1v) is 10.9. The lowest BCUT2D eigenvalue weighted by Crippen LogP contribution is -2.33. The van der Waals surface area contributed by atoms with E-state index in [2.05, 4.69) is 5.10 Å². The van der Waals surface area contributed by atoms with Crippen molar-refractivity contribution in [1.82, 2.24) is 9.78 Å². The van der Waals surface area contributed by atoms with Crippen LogP contribution in [0.1, 0.15) is 30.1 Å². The van der Waals surface area contributed by atoms with Crippen LogP contribution in [0.5, 0.6) is 5.75 Å². The van der Waals surface area contributed by atoms with Gasteiger partial charge in [0, 0.05) is 28.2 Å². The Balaban J connectivity index is 1.64. The molecule has 0 amide bonds. The third kappa shape index (κ3) is 4.33. The van der Waals surface area contributed by atoms with Gasteiger partial charge in [-0.25, -0.2) is 0 Å². The summed E-state index contributed by atoms with van der Waals surface area (Å²) in [5.41, 5.74) is 4.05. The average Bonchev–Trinajstić information content (AvgIpc) is 3.17. The topological polar surface area (TPSA) is 108 Å². The maximum atomic E-state index is 12.2. The molecule has 2 atom stereocenters. The van der Waals surface area contributed by atoms with Gasteiger partial charge in [-0.3, -0.25) is 18.0 Å². The molecule has 162 valence electrons. The number of methoxy groups -OCH3 is 1. The highest BCUT2D eigenvalue weighted by Gasteiger charge is 2.30. The van der Waals surface area contributed by atoms with Crippen molar-refractivity contribution in [3.05, 3.63) is 66.0 Å². The van der Waals surface area contributed by atoms with Crippen LogP contribution >= 0.6 is 0 Å². The minimum Gasteiger partial charge on any atom is -0.755 e. The van der Waals surface area contributed by atoms with Crippen molar-refractivity contribution >= 4 is 22.9 Å². The highest BCUT2D eigenvalue weighted by atomic mass is 32.2. The van der Waals surface area contributed by atoms with Gasteiger partial charge in [-0.2, -0.15) is 5.10 Å². The smallest absolute Gasteiger partial charge is 0.325 e. The molecule has 3 aromatic rings. The molecule has 0 saturated heterocycles. The third-order valence-corrected chi connectivity index (χ3v) is 6.29. The Labute approximate surface area is 182 Å². The minimum atomic E-state index is -2.50. The monoisotopic (exact) mass is 440 g/mol. The van der Waals surface area contributed by atoms with E-state index in [1.165, 1.54) is 8.99 Å². The molecule has 0 bridgehead atoms. The predicted molar refractivity (Wildman–Crippen MR) is 115 cm³/mol. The first-order chi connectivity index (χ1) is 15.0. The van der Waals surface area contributed by atoms with Crippen molar-refractivity contribution in [2.75, 3.05) is 11.4 Å². The summed E-state index contributed by atoms with van der Waals surface area (Å²) in [6.45, 7) is -0.237. The van der Waals surface area contributed by atoms with E-state index in [9.17, 15) is 13.6 Å². The lowest BCUT2D eigenvalue weighted by atomic mass is 9.92. The second-order valence-corrected chi connectivity index (χ2v) is 8.15. The van der Waals surface area contributed by atoms with Gasteiger partial charge in [0.05, 0.1) is 19.3 Å². The fraction of sp³-hybridized carbons (Fsp3) is 0.273. The molecule has 9 heteroatoms. The largest absolute Gasteiger partial charge is 0.755 e. The van der Waals surface area contributed by atoms with Crippen LogP contribution in [0, 0.1) is 0 Å². The Morgan fingerprint density at radius 1 is 1.23 bits per heavy atom. The van der Waals surface area contributed by atoms with Crippen molar-refractivity contribution in [3.8, 4) is 16.9 Å². The van der Waals surface area contributed by atoms with Gasteiger partial charge < -0.3 is 14.4 Å². The molecule has 0 radical (unpaired) electrons. The van der Waals surface area contributed by atoms with Crippen LogP contribution in [0.3, 0.4) is 0 Å². The summed E-state index contributed by atoms with van der Waals surface area (Å²) < 4.78 is 32.4. The highest BCUT2D eigenvalue weighted by molar-refractivity contribution is 7.80. The van der Waals surface area contributed by atoms with E-state index < -0.39 is 23.3 Å². The highest BCUT2D eigenvalue weighted by Crippen LogP contribution is 2.38. The van der Waals surface area contributed by atoms with Gasteiger partial charge in [-0.05, 0) is 54.7 Å². The molecule has 1 aromatic heterocycles. The molecule has 2 aromatic carbocycles. The summed E-state index contributed by atoms with van der Waals surface area (Å²) in [5, 5.41) is 13.3. The predicted octanol–water partition coefficient (Wildman–Crippen LogP) is 3.32. The lowest BCUT2D eigenvalue weighted by molar-refractivity contribution is -0.137. The summed E-state index contributed by atoms with van der Waals surface area (Å²) in [5.74, 6) is -0.212. The van der Waals surface area contributed by atoms with Crippen LogP contribution < -0.4 is 9.04 Å². The van der Waals surface area contributed by atoms with Crippen molar-refractivity contribution in [3.63, 3.8) is 0 Å². The summed E-state index contributed by atoms with van der Waals surface area (Å²) in [6.07, 6.45) is 3.66. The molecule has 1 aliphatic carbocycles. The number of carboxylic acids is 1. The van der Waals surface area contributed by atoms with Gasteiger partial charge in [-0.1, -0.05) is 24.3 Å². The van der Waals surface area contributed by atoms with E-state index in [1.807, 2.05) is 36.4 Å². The normalized spacial score (nSPS) is 16.4. The molecule has 2 unspecified atom stereocenters. The molecule has 8 nitrogen and oxygen atoms in total. The van der Waals surface area contributed by atoms with Crippen LogP contribution in [0.15, 0.2) is 54.7 Å². The van der Waals surface area contributed by atoms with E-state index >= 15 is 0 Å².